The maximum absolute atomic E-state index is 13.5. The van der Waals surface area contributed by atoms with Crippen LogP contribution in [0.5, 0.6) is 0 Å². The molecule has 0 saturated heterocycles. The molecule has 0 amide bonds. The minimum Gasteiger partial charge on any atom is -0.467 e. The van der Waals surface area contributed by atoms with Gasteiger partial charge in [0.05, 0.1) is 17.3 Å². The summed E-state index contributed by atoms with van der Waals surface area (Å²) in [6.07, 6.45) is 2.95. The van der Waals surface area contributed by atoms with Crippen molar-refractivity contribution in [3.8, 4) is 0 Å². The molecule has 2 aliphatic rings. The van der Waals surface area contributed by atoms with Crippen LogP contribution in [0.25, 0.3) is 11.0 Å². The zero-order valence-electron chi connectivity index (χ0n) is 16.6. The van der Waals surface area contributed by atoms with Crippen molar-refractivity contribution in [2.45, 2.75) is 31.7 Å². The molecule has 5 nitrogen and oxygen atoms in total. The van der Waals surface area contributed by atoms with E-state index in [4.69, 9.17) is 9.40 Å². The summed E-state index contributed by atoms with van der Waals surface area (Å²) in [5, 5.41) is 3.49. The van der Waals surface area contributed by atoms with E-state index in [0.717, 1.165) is 40.4 Å². The summed E-state index contributed by atoms with van der Waals surface area (Å²) in [4.78, 5) is 18.3. The average Bonchev–Trinajstić information content (AvgIpc) is 3.40. The Kier molecular flexibility index (Phi) is 3.72. The predicted molar refractivity (Wildman–Crippen MR) is 115 cm³/mol. The highest BCUT2D eigenvalue weighted by atomic mass is 16.3. The Labute approximate surface area is 174 Å². The molecule has 0 saturated carbocycles. The summed E-state index contributed by atoms with van der Waals surface area (Å²) in [7, 11) is 0. The number of Topliss-reactive ketones (excluding diaryl/α,β-unsaturated/α-hetero) is 1. The van der Waals surface area contributed by atoms with Crippen LogP contribution in [-0.2, 0) is 4.79 Å². The molecule has 2 atom stereocenters. The van der Waals surface area contributed by atoms with E-state index in [1.165, 1.54) is 11.1 Å². The van der Waals surface area contributed by atoms with Gasteiger partial charge in [-0.2, -0.15) is 0 Å². The number of para-hydroxylation sites is 2. The lowest BCUT2D eigenvalue weighted by Crippen LogP contribution is -2.32. The van der Waals surface area contributed by atoms with E-state index in [2.05, 4.69) is 41.1 Å². The molecular weight excluding hydrogens is 374 g/mol. The van der Waals surface area contributed by atoms with E-state index in [-0.39, 0.29) is 17.7 Å². The second-order valence-corrected chi connectivity index (χ2v) is 8.17. The first-order valence-corrected chi connectivity index (χ1v) is 10.3. The van der Waals surface area contributed by atoms with E-state index in [1.54, 1.807) is 6.26 Å². The lowest BCUT2D eigenvalue weighted by atomic mass is 9.78. The fraction of sp³-hybridized carbons (Fsp3) is 0.200. The largest absolute Gasteiger partial charge is 0.467 e. The van der Waals surface area contributed by atoms with Crippen molar-refractivity contribution in [2.75, 3.05) is 5.32 Å². The van der Waals surface area contributed by atoms with Gasteiger partial charge in [-0.1, -0.05) is 42.0 Å². The second-order valence-electron chi connectivity index (χ2n) is 8.17. The third kappa shape index (κ3) is 2.55. The van der Waals surface area contributed by atoms with Gasteiger partial charge in [-0.15, -0.1) is 0 Å². The van der Waals surface area contributed by atoms with Gasteiger partial charge in [0.1, 0.15) is 11.8 Å². The van der Waals surface area contributed by atoms with Crippen LogP contribution in [-0.4, -0.2) is 15.3 Å². The third-order valence-electron chi connectivity index (χ3n) is 6.26. The number of carbonyl (C=O) groups excluding carboxylic acids is 1. The maximum atomic E-state index is 13.5. The van der Waals surface area contributed by atoms with Crippen molar-refractivity contribution in [3.63, 3.8) is 0 Å². The van der Waals surface area contributed by atoms with Gasteiger partial charge in [0.15, 0.2) is 5.78 Å². The van der Waals surface area contributed by atoms with Crippen LogP contribution in [0, 0.1) is 6.92 Å². The van der Waals surface area contributed by atoms with E-state index in [9.17, 15) is 4.79 Å². The first-order valence-electron chi connectivity index (χ1n) is 10.3. The van der Waals surface area contributed by atoms with Gasteiger partial charge in [0, 0.05) is 17.7 Å². The van der Waals surface area contributed by atoms with Gasteiger partial charge in [0.25, 0.3) is 0 Å². The highest BCUT2D eigenvalue weighted by Crippen LogP contribution is 2.46. The van der Waals surface area contributed by atoms with Crippen LogP contribution in [0.4, 0.5) is 5.95 Å². The molecule has 3 heterocycles. The number of anilines is 1. The predicted octanol–water partition coefficient (Wildman–Crippen LogP) is 5.35. The Hall–Kier alpha value is -3.60. The number of rotatable bonds is 2. The monoisotopic (exact) mass is 395 g/mol. The van der Waals surface area contributed by atoms with Crippen LogP contribution < -0.4 is 5.32 Å². The number of ketones is 1. The van der Waals surface area contributed by atoms with Gasteiger partial charge >= 0.3 is 0 Å². The molecule has 148 valence electrons. The van der Waals surface area contributed by atoms with Crippen LogP contribution >= 0.6 is 0 Å². The first-order chi connectivity index (χ1) is 14.7. The molecule has 2 aromatic carbocycles. The van der Waals surface area contributed by atoms with Gasteiger partial charge in [-0.3, -0.25) is 9.36 Å². The number of furan rings is 1. The van der Waals surface area contributed by atoms with Crippen molar-refractivity contribution in [1.29, 1.82) is 0 Å². The van der Waals surface area contributed by atoms with Gasteiger partial charge < -0.3 is 9.73 Å². The van der Waals surface area contributed by atoms with Crippen LogP contribution in [0.15, 0.2) is 82.6 Å². The Morgan fingerprint density at radius 3 is 2.67 bits per heavy atom. The standard InChI is InChI=1S/C25H21N3O2/c1-15-8-10-16(11-9-15)17-13-19-23(21(29)14-17)24(22-7-4-12-30-22)28-20-6-3-2-5-18(20)26-25(28)27-19/h2-12,17,24H,13-14H2,1H3,(H,26,27). The quantitative estimate of drug-likeness (QED) is 0.497. The number of benzene rings is 2. The minimum absolute atomic E-state index is 0.164. The molecule has 2 aromatic heterocycles. The molecule has 0 fully saturated rings. The number of aromatic nitrogens is 2. The van der Waals surface area contributed by atoms with Gasteiger partial charge in [0.2, 0.25) is 5.95 Å². The molecule has 30 heavy (non-hydrogen) atoms. The zero-order chi connectivity index (χ0) is 20.2. The topological polar surface area (TPSA) is 60.1 Å². The van der Waals surface area contributed by atoms with Crippen molar-refractivity contribution in [2.24, 2.45) is 0 Å². The molecule has 6 rings (SSSR count). The van der Waals surface area contributed by atoms with Crippen LogP contribution in [0.3, 0.4) is 0 Å². The zero-order valence-corrected chi connectivity index (χ0v) is 16.6. The molecule has 4 aromatic rings. The smallest absolute Gasteiger partial charge is 0.209 e. The van der Waals surface area contributed by atoms with Crippen LogP contribution in [0.2, 0.25) is 0 Å². The lowest BCUT2D eigenvalue weighted by Gasteiger charge is -2.35. The van der Waals surface area contributed by atoms with E-state index < -0.39 is 0 Å². The molecule has 1 N–H and O–H groups in total. The summed E-state index contributed by atoms with van der Waals surface area (Å²) < 4.78 is 7.90. The molecule has 5 heteroatoms. The van der Waals surface area contributed by atoms with Gasteiger partial charge in [-0.25, -0.2) is 4.98 Å². The van der Waals surface area contributed by atoms with Crippen molar-refractivity contribution < 1.29 is 9.21 Å². The van der Waals surface area contributed by atoms with Crippen molar-refractivity contribution in [1.82, 2.24) is 9.55 Å². The molecule has 1 aliphatic carbocycles. The number of hydrogen-bond acceptors (Lipinski definition) is 4. The summed E-state index contributed by atoms with van der Waals surface area (Å²) in [6.45, 7) is 2.08. The molecule has 0 radical (unpaired) electrons. The highest BCUT2D eigenvalue weighted by molar-refractivity contribution is 6.00. The number of aryl methyl sites for hydroxylation is 1. The normalized spacial score (nSPS) is 20.8. The SMILES string of the molecule is Cc1ccc(C2CC(=O)C3=C(C2)Nc2nc4ccccc4n2C3c2ccco2)cc1. The van der Waals surface area contributed by atoms with E-state index >= 15 is 0 Å². The van der Waals surface area contributed by atoms with E-state index in [0.29, 0.717) is 6.42 Å². The number of fused-ring (bicyclic) bond motifs is 3. The molecular formula is C25H21N3O2. The van der Waals surface area contributed by atoms with Crippen molar-refractivity contribution >= 4 is 22.8 Å². The molecule has 2 unspecified atom stereocenters. The molecule has 1 aliphatic heterocycles. The summed E-state index contributed by atoms with van der Waals surface area (Å²) in [6, 6.07) is 20.0. The number of hydrogen-bond donors (Lipinski definition) is 1. The average molecular weight is 395 g/mol. The van der Waals surface area contributed by atoms with E-state index in [1.807, 2.05) is 36.4 Å². The summed E-state index contributed by atoms with van der Waals surface area (Å²) >= 11 is 0. The van der Waals surface area contributed by atoms with Crippen molar-refractivity contribution in [3.05, 3.63) is 95.1 Å². The minimum atomic E-state index is -0.301. The Balaban J connectivity index is 1.50. The Morgan fingerprint density at radius 1 is 1.03 bits per heavy atom. The number of nitrogens with one attached hydrogen (secondary N) is 1. The fourth-order valence-corrected chi connectivity index (χ4v) is 4.82. The summed E-state index contributed by atoms with van der Waals surface area (Å²) in [5.41, 5.74) is 6.07. The molecule has 0 spiro atoms. The summed E-state index contributed by atoms with van der Waals surface area (Å²) in [5.74, 6) is 1.85. The maximum Gasteiger partial charge on any atom is 0.209 e. The Morgan fingerprint density at radius 2 is 1.87 bits per heavy atom. The number of carbonyl (C=O) groups is 1. The fourth-order valence-electron chi connectivity index (χ4n) is 4.82. The second kappa shape index (κ2) is 6.46. The van der Waals surface area contributed by atoms with Gasteiger partial charge in [-0.05, 0) is 49.1 Å². The number of allylic oxidation sites excluding steroid dienone is 2. The molecule has 0 bridgehead atoms. The van der Waals surface area contributed by atoms with Crippen LogP contribution in [0.1, 0.15) is 41.7 Å². The highest BCUT2D eigenvalue weighted by Gasteiger charge is 2.40. The first kappa shape index (κ1) is 17.3. The lowest BCUT2D eigenvalue weighted by molar-refractivity contribution is -0.116. The Bertz CT molecular complexity index is 1300. The number of nitrogens with zero attached hydrogens (tertiary/aromatic N) is 2. The number of imidazole rings is 1. The third-order valence-corrected chi connectivity index (χ3v) is 6.26.